The molecule has 0 amide bonds. The monoisotopic (exact) mass is 368 g/mol. The molecule has 1 aromatic carbocycles. The van der Waals surface area contributed by atoms with Gasteiger partial charge in [-0.25, -0.2) is 19.3 Å². The lowest BCUT2D eigenvalue weighted by molar-refractivity contribution is 0.400. The van der Waals surface area contributed by atoms with Crippen molar-refractivity contribution in [2.75, 3.05) is 12.4 Å². The maximum absolute atomic E-state index is 12.4. The van der Waals surface area contributed by atoms with Crippen molar-refractivity contribution in [1.82, 2.24) is 24.5 Å². The van der Waals surface area contributed by atoms with Crippen molar-refractivity contribution >= 4 is 34.4 Å². The lowest BCUT2D eigenvalue weighted by atomic mass is 10.3. The van der Waals surface area contributed by atoms with Crippen molar-refractivity contribution in [3.8, 4) is 11.6 Å². The Morgan fingerprint density at radius 2 is 2.12 bits per heavy atom. The number of ether oxygens (including phenoxy) is 1. The minimum absolute atomic E-state index is 0.304. The molecule has 130 valence electrons. The Balaban J connectivity index is 1.82. The number of fused-ring (bicyclic) bond motifs is 1. The number of aromatic nitrogens is 5. The molecule has 3 aromatic heterocycles. The molecule has 3 heterocycles. The fraction of sp³-hybridized carbons (Fsp3) is 0.0588. The number of pyridine rings is 1. The largest absolute Gasteiger partial charge is 0.480 e. The highest BCUT2D eigenvalue weighted by Crippen LogP contribution is 2.24. The zero-order valence-corrected chi connectivity index (χ0v) is 14.4. The number of methoxy groups -OCH3 is 1. The molecule has 9 heteroatoms. The number of benzene rings is 1. The Kier molecular flexibility index (Phi) is 4.02. The summed E-state index contributed by atoms with van der Waals surface area (Å²) in [5.74, 6) is 0.719. The van der Waals surface area contributed by atoms with E-state index in [-0.39, 0.29) is 5.69 Å². The molecule has 4 aromatic rings. The summed E-state index contributed by atoms with van der Waals surface area (Å²) in [4.78, 5) is 27.9. The van der Waals surface area contributed by atoms with E-state index >= 15 is 0 Å². The summed E-state index contributed by atoms with van der Waals surface area (Å²) in [7, 11) is 1.53. The van der Waals surface area contributed by atoms with Crippen LogP contribution in [0.4, 0.5) is 11.6 Å². The van der Waals surface area contributed by atoms with Crippen LogP contribution in [0.3, 0.4) is 0 Å². The topological polar surface area (TPSA) is 97.7 Å². The molecule has 0 bridgehead atoms. The number of hydrogen-bond donors (Lipinski definition) is 2. The first kappa shape index (κ1) is 16.1. The van der Waals surface area contributed by atoms with Gasteiger partial charge in [-0.3, -0.25) is 0 Å². The van der Waals surface area contributed by atoms with Gasteiger partial charge in [0.05, 0.1) is 19.0 Å². The van der Waals surface area contributed by atoms with Crippen LogP contribution in [0.15, 0.2) is 53.6 Å². The summed E-state index contributed by atoms with van der Waals surface area (Å²) < 4.78 is 6.65. The first-order chi connectivity index (χ1) is 12.7. The highest BCUT2D eigenvalue weighted by Gasteiger charge is 2.13. The Labute approximate surface area is 152 Å². The summed E-state index contributed by atoms with van der Waals surface area (Å²) in [5, 5.41) is 3.57. The number of halogens is 1. The van der Waals surface area contributed by atoms with E-state index in [2.05, 4.69) is 25.3 Å². The summed E-state index contributed by atoms with van der Waals surface area (Å²) in [6, 6.07) is 10.5. The molecule has 2 N–H and O–H groups in total. The van der Waals surface area contributed by atoms with Crippen LogP contribution in [0.2, 0.25) is 5.02 Å². The second-order valence-corrected chi connectivity index (χ2v) is 5.80. The van der Waals surface area contributed by atoms with Crippen LogP contribution >= 0.6 is 11.6 Å². The standard InChI is InChI=1S/C17H13ClN6O2/c1-26-15-12(6-3-7-19-15)21-16-20-9-13-14(23-16)24(17(25)22-13)11-5-2-4-10(18)8-11/h2-9H,1H3,(H,22,25)(H,20,21,23). The molecule has 0 unspecified atom stereocenters. The Morgan fingerprint density at radius 3 is 2.92 bits per heavy atom. The number of hydrogen-bond acceptors (Lipinski definition) is 6. The van der Waals surface area contributed by atoms with E-state index < -0.39 is 0 Å². The van der Waals surface area contributed by atoms with Gasteiger partial charge in [-0.15, -0.1) is 0 Å². The smallest absolute Gasteiger partial charge is 0.332 e. The minimum Gasteiger partial charge on any atom is -0.480 e. The number of aromatic amines is 1. The van der Waals surface area contributed by atoms with Crippen molar-refractivity contribution in [1.29, 1.82) is 0 Å². The fourth-order valence-electron chi connectivity index (χ4n) is 2.58. The third-order valence-electron chi connectivity index (χ3n) is 3.70. The Hall–Kier alpha value is -3.39. The molecular weight excluding hydrogens is 356 g/mol. The Bertz CT molecular complexity index is 1150. The molecule has 0 aliphatic carbocycles. The molecular formula is C17H13ClN6O2. The zero-order chi connectivity index (χ0) is 18.1. The third kappa shape index (κ3) is 2.86. The zero-order valence-electron chi connectivity index (χ0n) is 13.6. The molecule has 26 heavy (non-hydrogen) atoms. The number of imidazole rings is 1. The van der Waals surface area contributed by atoms with Gasteiger partial charge in [-0.05, 0) is 30.3 Å². The summed E-state index contributed by atoms with van der Waals surface area (Å²) in [6.45, 7) is 0. The highest BCUT2D eigenvalue weighted by molar-refractivity contribution is 6.30. The molecule has 0 radical (unpaired) electrons. The van der Waals surface area contributed by atoms with Crippen molar-refractivity contribution in [2.24, 2.45) is 0 Å². The molecule has 0 atom stereocenters. The molecule has 0 fully saturated rings. The van der Waals surface area contributed by atoms with Crippen LogP contribution in [0.25, 0.3) is 16.9 Å². The predicted molar refractivity (Wildman–Crippen MR) is 98.6 cm³/mol. The van der Waals surface area contributed by atoms with Crippen LogP contribution < -0.4 is 15.7 Å². The molecule has 0 aliphatic rings. The van der Waals surface area contributed by atoms with Gasteiger partial charge in [-0.1, -0.05) is 17.7 Å². The molecule has 0 saturated heterocycles. The van der Waals surface area contributed by atoms with Gasteiger partial charge in [0, 0.05) is 11.2 Å². The van der Waals surface area contributed by atoms with E-state index in [4.69, 9.17) is 16.3 Å². The SMILES string of the molecule is COc1ncccc1Nc1ncc2[nH]c(=O)n(-c3cccc(Cl)c3)c2n1. The van der Waals surface area contributed by atoms with Gasteiger partial charge in [0.15, 0.2) is 5.65 Å². The lowest BCUT2D eigenvalue weighted by Crippen LogP contribution is -2.15. The second-order valence-electron chi connectivity index (χ2n) is 5.36. The van der Waals surface area contributed by atoms with Gasteiger partial charge < -0.3 is 15.0 Å². The average Bonchev–Trinajstić information content (AvgIpc) is 2.97. The third-order valence-corrected chi connectivity index (χ3v) is 3.94. The highest BCUT2D eigenvalue weighted by atomic mass is 35.5. The van der Waals surface area contributed by atoms with Crippen LogP contribution in [0.1, 0.15) is 0 Å². The number of rotatable bonds is 4. The van der Waals surface area contributed by atoms with Gasteiger partial charge in [-0.2, -0.15) is 4.98 Å². The molecule has 0 saturated carbocycles. The van der Waals surface area contributed by atoms with E-state index in [1.807, 2.05) is 0 Å². The van der Waals surface area contributed by atoms with Crippen LogP contribution in [0, 0.1) is 0 Å². The quantitative estimate of drug-likeness (QED) is 0.574. The van der Waals surface area contributed by atoms with E-state index in [0.717, 1.165) is 0 Å². The summed E-state index contributed by atoms with van der Waals surface area (Å²) in [5.41, 5.74) is 1.84. The molecule has 0 spiro atoms. The van der Waals surface area contributed by atoms with Crippen molar-refractivity contribution in [2.45, 2.75) is 0 Å². The van der Waals surface area contributed by atoms with E-state index in [0.29, 0.717) is 39.4 Å². The van der Waals surface area contributed by atoms with Gasteiger partial charge in [0.2, 0.25) is 11.8 Å². The lowest BCUT2D eigenvalue weighted by Gasteiger charge is -2.09. The molecule has 8 nitrogen and oxygen atoms in total. The van der Waals surface area contributed by atoms with E-state index in [1.54, 1.807) is 42.6 Å². The van der Waals surface area contributed by atoms with Gasteiger partial charge in [0.25, 0.3) is 0 Å². The first-order valence-electron chi connectivity index (χ1n) is 7.65. The molecule has 4 rings (SSSR count). The first-order valence-corrected chi connectivity index (χ1v) is 8.03. The number of nitrogens with one attached hydrogen (secondary N) is 2. The van der Waals surface area contributed by atoms with Crippen molar-refractivity contribution in [3.05, 3.63) is 64.3 Å². The van der Waals surface area contributed by atoms with Crippen molar-refractivity contribution < 1.29 is 4.74 Å². The van der Waals surface area contributed by atoms with Crippen LogP contribution in [0.5, 0.6) is 5.88 Å². The van der Waals surface area contributed by atoms with Crippen molar-refractivity contribution in [3.63, 3.8) is 0 Å². The Morgan fingerprint density at radius 1 is 1.23 bits per heavy atom. The van der Waals surface area contributed by atoms with Gasteiger partial charge >= 0.3 is 5.69 Å². The number of anilines is 2. The van der Waals surface area contributed by atoms with E-state index in [9.17, 15) is 4.79 Å². The number of nitrogens with zero attached hydrogens (tertiary/aromatic N) is 4. The summed E-state index contributed by atoms with van der Waals surface area (Å²) >= 11 is 6.05. The van der Waals surface area contributed by atoms with Crippen LogP contribution in [-0.4, -0.2) is 31.6 Å². The average molecular weight is 369 g/mol. The van der Waals surface area contributed by atoms with Crippen LogP contribution in [-0.2, 0) is 0 Å². The second kappa shape index (κ2) is 6.49. The minimum atomic E-state index is -0.326. The maximum Gasteiger partial charge on any atom is 0.332 e. The normalized spacial score (nSPS) is 10.8. The van der Waals surface area contributed by atoms with Gasteiger partial charge in [0.1, 0.15) is 11.2 Å². The number of H-pyrrole nitrogens is 1. The fourth-order valence-corrected chi connectivity index (χ4v) is 2.77. The summed E-state index contributed by atoms with van der Waals surface area (Å²) in [6.07, 6.45) is 3.16. The van der Waals surface area contributed by atoms with E-state index in [1.165, 1.54) is 17.9 Å². The molecule has 0 aliphatic heterocycles. The maximum atomic E-state index is 12.4. The predicted octanol–water partition coefficient (Wildman–Crippen LogP) is 2.91.